The molecule has 132 valence electrons. The van der Waals surface area contributed by atoms with E-state index in [0.717, 1.165) is 12.1 Å². The van der Waals surface area contributed by atoms with Crippen LogP contribution >= 0.6 is 0 Å². The first kappa shape index (κ1) is 16.0. The highest BCUT2D eigenvalue weighted by molar-refractivity contribution is 5.98. The number of hydrogen-bond acceptors (Lipinski definition) is 5. The van der Waals surface area contributed by atoms with Crippen molar-refractivity contribution in [2.75, 3.05) is 26.3 Å². The third kappa shape index (κ3) is 2.84. The summed E-state index contributed by atoms with van der Waals surface area (Å²) >= 11 is 0. The number of aromatic nitrogens is 2. The lowest BCUT2D eigenvalue weighted by Crippen LogP contribution is -2.32. The van der Waals surface area contributed by atoms with E-state index in [0.29, 0.717) is 43.4 Å². The average Bonchev–Trinajstić information content (AvgIpc) is 3.10. The number of amides is 1. The Morgan fingerprint density at radius 2 is 2.12 bits per heavy atom. The van der Waals surface area contributed by atoms with E-state index in [9.17, 15) is 4.79 Å². The minimum Gasteiger partial charge on any atom is -0.490 e. The molecular weight excluding hydrogens is 320 g/mol. The lowest BCUT2D eigenvalue weighted by molar-refractivity contribution is 0.0784. The number of fused-ring (bicyclic) bond motifs is 1. The van der Waals surface area contributed by atoms with Crippen molar-refractivity contribution in [3.63, 3.8) is 0 Å². The van der Waals surface area contributed by atoms with Crippen LogP contribution in [0.3, 0.4) is 0 Å². The Kier molecular flexibility index (Phi) is 4.09. The molecule has 2 atom stereocenters. The van der Waals surface area contributed by atoms with E-state index in [4.69, 9.17) is 15.2 Å². The molecule has 0 aliphatic carbocycles. The van der Waals surface area contributed by atoms with Crippen LogP contribution in [0.2, 0.25) is 0 Å². The number of rotatable bonds is 2. The van der Waals surface area contributed by atoms with Gasteiger partial charge in [0, 0.05) is 50.4 Å². The first-order valence-corrected chi connectivity index (χ1v) is 8.55. The predicted molar refractivity (Wildman–Crippen MR) is 91.9 cm³/mol. The van der Waals surface area contributed by atoms with E-state index in [2.05, 4.69) is 4.98 Å². The molecule has 0 radical (unpaired) electrons. The third-order valence-electron chi connectivity index (χ3n) is 4.89. The van der Waals surface area contributed by atoms with Gasteiger partial charge in [0.25, 0.3) is 5.91 Å². The molecule has 2 N–H and O–H groups in total. The van der Waals surface area contributed by atoms with Gasteiger partial charge in [-0.05, 0) is 12.1 Å². The molecule has 25 heavy (non-hydrogen) atoms. The van der Waals surface area contributed by atoms with Gasteiger partial charge in [0.1, 0.15) is 0 Å². The molecule has 0 spiro atoms. The van der Waals surface area contributed by atoms with Gasteiger partial charge in [-0.25, -0.2) is 4.98 Å². The van der Waals surface area contributed by atoms with E-state index in [1.165, 1.54) is 0 Å². The number of nitrogens with zero attached hydrogens (tertiary/aromatic N) is 3. The molecule has 7 nitrogen and oxygen atoms in total. The summed E-state index contributed by atoms with van der Waals surface area (Å²) in [7, 11) is 1.95. The number of imidazole rings is 1. The van der Waals surface area contributed by atoms with Gasteiger partial charge >= 0.3 is 0 Å². The number of para-hydroxylation sites is 1. The standard InChI is InChI=1S/C18H22N4O3/c1-21-11-20-8-15(21)13-9-22(10-14(13)19)18(23)12-4-2-5-16-17(12)25-7-3-6-24-16/h2,4-5,8,11,13-14H,3,6-7,9-10,19H2,1H3/t13-,14-/m1/s1. The average molecular weight is 342 g/mol. The SMILES string of the molecule is Cn1cncc1[C@@H]1CN(C(=O)c2cccc3c2OCCCO3)C[C@H]1N. The molecular formula is C18H22N4O3. The molecule has 2 aliphatic heterocycles. The number of carbonyl (C=O) groups is 1. The van der Waals surface area contributed by atoms with Gasteiger partial charge in [-0.2, -0.15) is 0 Å². The second-order valence-corrected chi connectivity index (χ2v) is 6.59. The zero-order valence-electron chi connectivity index (χ0n) is 14.2. The number of nitrogens with two attached hydrogens (primary N) is 1. The van der Waals surface area contributed by atoms with Crippen LogP contribution in [0.25, 0.3) is 0 Å². The van der Waals surface area contributed by atoms with E-state index < -0.39 is 0 Å². The molecule has 2 aromatic rings. The maximum atomic E-state index is 13.1. The lowest BCUT2D eigenvalue weighted by atomic mass is 10.0. The fourth-order valence-corrected chi connectivity index (χ4v) is 3.56. The van der Waals surface area contributed by atoms with Crippen LogP contribution in [-0.4, -0.2) is 52.7 Å². The molecule has 1 aromatic heterocycles. The summed E-state index contributed by atoms with van der Waals surface area (Å²) in [6.45, 7) is 2.24. The Morgan fingerprint density at radius 3 is 2.92 bits per heavy atom. The maximum Gasteiger partial charge on any atom is 0.257 e. The van der Waals surface area contributed by atoms with Crippen LogP contribution < -0.4 is 15.2 Å². The Labute approximate surface area is 146 Å². The van der Waals surface area contributed by atoms with Gasteiger partial charge < -0.3 is 24.7 Å². The van der Waals surface area contributed by atoms with Crippen molar-refractivity contribution in [3.05, 3.63) is 42.0 Å². The minimum absolute atomic E-state index is 0.0672. The molecule has 4 rings (SSSR count). The number of likely N-dealkylation sites (tertiary alicyclic amines) is 1. The normalized spacial score (nSPS) is 22.7. The minimum atomic E-state index is -0.112. The Bertz CT molecular complexity index is 788. The highest BCUT2D eigenvalue weighted by atomic mass is 16.5. The number of benzene rings is 1. The van der Waals surface area contributed by atoms with E-state index >= 15 is 0 Å². The molecule has 7 heteroatoms. The Morgan fingerprint density at radius 1 is 1.28 bits per heavy atom. The fraction of sp³-hybridized carbons (Fsp3) is 0.444. The van der Waals surface area contributed by atoms with Gasteiger partial charge in [-0.1, -0.05) is 6.07 Å². The Balaban J connectivity index is 1.59. The van der Waals surface area contributed by atoms with Gasteiger partial charge in [0.2, 0.25) is 0 Å². The van der Waals surface area contributed by atoms with Crippen LogP contribution in [0, 0.1) is 0 Å². The van der Waals surface area contributed by atoms with Crippen LogP contribution in [0.4, 0.5) is 0 Å². The van der Waals surface area contributed by atoms with E-state index in [1.807, 2.05) is 29.9 Å². The number of hydrogen-bond donors (Lipinski definition) is 1. The van der Waals surface area contributed by atoms with E-state index in [1.54, 1.807) is 17.3 Å². The molecule has 2 aliphatic rings. The first-order chi connectivity index (χ1) is 12.1. The second-order valence-electron chi connectivity index (χ2n) is 6.59. The zero-order chi connectivity index (χ0) is 17.4. The molecule has 1 saturated heterocycles. The molecule has 1 amide bonds. The summed E-state index contributed by atoms with van der Waals surface area (Å²) in [6, 6.07) is 5.35. The number of aryl methyl sites for hydroxylation is 1. The number of carbonyl (C=O) groups excluding carboxylic acids is 1. The highest BCUT2D eigenvalue weighted by Gasteiger charge is 2.36. The van der Waals surface area contributed by atoms with Crippen LogP contribution in [0.5, 0.6) is 11.5 Å². The lowest BCUT2D eigenvalue weighted by Gasteiger charge is -2.19. The topological polar surface area (TPSA) is 82.6 Å². The highest BCUT2D eigenvalue weighted by Crippen LogP contribution is 2.35. The fourth-order valence-electron chi connectivity index (χ4n) is 3.56. The van der Waals surface area contributed by atoms with Gasteiger partial charge in [-0.15, -0.1) is 0 Å². The summed E-state index contributed by atoms with van der Waals surface area (Å²) in [5.41, 5.74) is 7.91. The predicted octanol–water partition coefficient (Wildman–Crippen LogP) is 1.15. The van der Waals surface area contributed by atoms with Gasteiger partial charge in [-0.3, -0.25) is 4.79 Å². The molecule has 0 saturated carbocycles. The van der Waals surface area contributed by atoms with Gasteiger partial charge in [0.15, 0.2) is 11.5 Å². The molecule has 0 unspecified atom stereocenters. The Hall–Kier alpha value is -2.54. The molecule has 3 heterocycles. The largest absolute Gasteiger partial charge is 0.490 e. The molecule has 0 bridgehead atoms. The van der Waals surface area contributed by atoms with Crippen LogP contribution in [0.1, 0.15) is 28.4 Å². The monoisotopic (exact) mass is 342 g/mol. The van der Waals surface area contributed by atoms with Crippen molar-refractivity contribution < 1.29 is 14.3 Å². The number of ether oxygens (including phenoxy) is 2. The second kappa shape index (κ2) is 6.40. The van der Waals surface area contributed by atoms with Gasteiger partial charge in [0.05, 0.1) is 25.1 Å². The van der Waals surface area contributed by atoms with Crippen molar-refractivity contribution in [1.29, 1.82) is 0 Å². The van der Waals surface area contributed by atoms with Crippen molar-refractivity contribution >= 4 is 5.91 Å². The molecule has 1 aromatic carbocycles. The summed E-state index contributed by atoms with van der Waals surface area (Å²) in [6.07, 6.45) is 4.39. The smallest absolute Gasteiger partial charge is 0.257 e. The first-order valence-electron chi connectivity index (χ1n) is 8.55. The maximum absolute atomic E-state index is 13.1. The van der Waals surface area contributed by atoms with Crippen LogP contribution in [-0.2, 0) is 7.05 Å². The quantitative estimate of drug-likeness (QED) is 0.885. The molecule has 1 fully saturated rings. The van der Waals surface area contributed by atoms with Crippen molar-refractivity contribution in [2.24, 2.45) is 12.8 Å². The van der Waals surface area contributed by atoms with Crippen molar-refractivity contribution in [2.45, 2.75) is 18.4 Å². The summed E-state index contributed by atoms with van der Waals surface area (Å²) < 4.78 is 13.4. The third-order valence-corrected chi connectivity index (χ3v) is 4.89. The summed E-state index contributed by atoms with van der Waals surface area (Å²) in [5.74, 6) is 1.19. The summed E-state index contributed by atoms with van der Waals surface area (Å²) in [4.78, 5) is 19.1. The van der Waals surface area contributed by atoms with E-state index in [-0.39, 0.29) is 17.9 Å². The summed E-state index contributed by atoms with van der Waals surface area (Å²) in [5, 5.41) is 0. The van der Waals surface area contributed by atoms with Crippen LogP contribution in [0.15, 0.2) is 30.7 Å². The van der Waals surface area contributed by atoms with Crippen molar-refractivity contribution in [3.8, 4) is 11.5 Å². The van der Waals surface area contributed by atoms with Crippen molar-refractivity contribution in [1.82, 2.24) is 14.5 Å². The zero-order valence-corrected chi connectivity index (χ0v) is 14.2.